The van der Waals surface area contributed by atoms with Crippen LogP contribution in [0.4, 0.5) is 0 Å². The Morgan fingerprint density at radius 1 is 1.50 bits per heavy atom. The van der Waals surface area contributed by atoms with Crippen LogP contribution in [0, 0.1) is 13.8 Å². The number of thiol groups is 1. The van der Waals surface area contributed by atoms with E-state index in [-0.39, 0.29) is 0 Å². The van der Waals surface area contributed by atoms with Gasteiger partial charge in [-0.15, -0.1) is 0 Å². The highest BCUT2D eigenvalue weighted by molar-refractivity contribution is 7.80. The van der Waals surface area contributed by atoms with Crippen molar-refractivity contribution in [3.63, 3.8) is 0 Å². The van der Waals surface area contributed by atoms with Crippen molar-refractivity contribution in [3.8, 4) is 11.3 Å². The Morgan fingerprint density at radius 2 is 2.31 bits per heavy atom. The van der Waals surface area contributed by atoms with E-state index in [0.29, 0.717) is 5.25 Å². The van der Waals surface area contributed by atoms with Crippen molar-refractivity contribution in [2.75, 3.05) is 0 Å². The molecule has 1 N–H and O–H groups in total. The molecule has 5 heteroatoms. The molecule has 0 saturated heterocycles. The molecule has 2 aromatic heterocycles. The first-order valence-electron chi connectivity index (χ1n) is 5.43. The summed E-state index contributed by atoms with van der Waals surface area (Å²) in [5, 5.41) is 7.53. The van der Waals surface area contributed by atoms with E-state index in [9.17, 15) is 0 Å². The summed E-state index contributed by atoms with van der Waals surface area (Å²) in [6, 6.07) is 0. The highest BCUT2D eigenvalue weighted by Gasteiger charge is 2.26. The van der Waals surface area contributed by atoms with Gasteiger partial charge in [0.2, 0.25) is 0 Å². The van der Waals surface area contributed by atoms with Gasteiger partial charge in [0.1, 0.15) is 0 Å². The third kappa shape index (κ3) is 1.24. The lowest BCUT2D eigenvalue weighted by Crippen LogP contribution is -1.92. The number of nitrogens with one attached hydrogen (secondary N) is 1. The molecule has 1 aliphatic rings. The monoisotopic (exact) mass is 234 g/mol. The largest absolute Gasteiger partial charge is 0.333 e. The van der Waals surface area contributed by atoms with Crippen LogP contribution >= 0.6 is 12.6 Å². The molecule has 0 aromatic carbocycles. The molecule has 0 amide bonds. The third-order valence-electron chi connectivity index (χ3n) is 3.20. The number of aromatic amines is 1. The molecule has 3 heterocycles. The van der Waals surface area contributed by atoms with Crippen molar-refractivity contribution in [3.05, 3.63) is 23.4 Å². The van der Waals surface area contributed by atoms with Crippen LogP contribution in [0.15, 0.2) is 6.33 Å². The summed E-state index contributed by atoms with van der Waals surface area (Å²) in [4.78, 5) is 4.51. The maximum absolute atomic E-state index is 4.62. The van der Waals surface area contributed by atoms with Gasteiger partial charge in [-0.1, -0.05) is 0 Å². The zero-order valence-corrected chi connectivity index (χ0v) is 10.3. The molecule has 1 aliphatic heterocycles. The predicted molar refractivity (Wildman–Crippen MR) is 65.6 cm³/mol. The van der Waals surface area contributed by atoms with E-state index in [0.717, 1.165) is 35.6 Å². The number of hydrogen-bond acceptors (Lipinski definition) is 3. The van der Waals surface area contributed by atoms with E-state index in [1.54, 1.807) is 0 Å². The molecule has 0 spiro atoms. The summed E-state index contributed by atoms with van der Waals surface area (Å²) < 4.78 is 2.19. The topological polar surface area (TPSA) is 46.5 Å². The van der Waals surface area contributed by atoms with Gasteiger partial charge in [0.25, 0.3) is 0 Å². The number of H-pyrrole nitrogens is 1. The SMILES string of the molecule is Cc1n[nH]c(C)c1-c1ncn2c1C(S)CC2. The first-order chi connectivity index (χ1) is 7.68. The predicted octanol–water partition coefficient (Wildman–Crippen LogP) is 2.26. The molecule has 4 nitrogen and oxygen atoms in total. The second kappa shape index (κ2) is 3.38. The fourth-order valence-electron chi connectivity index (χ4n) is 2.41. The van der Waals surface area contributed by atoms with E-state index in [1.165, 1.54) is 5.69 Å². The van der Waals surface area contributed by atoms with Crippen molar-refractivity contribution >= 4 is 12.6 Å². The molecule has 0 radical (unpaired) electrons. The van der Waals surface area contributed by atoms with Crippen LogP contribution in [-0.2, 0) is 6.54 Å². The number of hydrogen-bond donors (Lipinski definition) is 2. The Balaban J connectivity index is 2.22. The molecular weight excluding hydrogens is 220 g/mol. The van der Waals surface area contributed by atoms with Gasteiger partial charge < -0.3 is 4.57 Å². The van der Waals surface area contributed by atoms with Crippen LogP contribution in [-0.4, -0.2) is 19.7 Å². The number of imidazole rings is 1. The van der Waals surface area contributed by atoms with Crippen molar-refractivity contribution in [2.24, 2.45) is 0 Å². The number of rotatable bonds is 1. The van der Waals surface area contributed by atoms with Crippen molar-refractivity contribution < 1.29 is 0 Å². The second-order valence-corrected chi connectivity index (χ2v) is 4.91. The number of fused-ring (bicyclic) bond motifs is 1. The minimum absolute atomic E-state index is 0.297. The Kier molecular flexibility index (Phi) is 2.10. The molecule has 0 fully saturated rings. The average molecular weight is 234 g/mol. The molecule has 0 aliphatic carbocycles. The second-order valence-electron chi connectivity index (χ2n) is 4.29. The normalized spacial score (nSPS) is 19.1. The molecule has 0 bridgehead atoms. The minimum Gasteiger partial charge on any atom is -0.333 e. The summed E-state index contributed by atoms with van der Waals surface area (Å²) in [6.07, 6.45) is 3.00. The van der Waals surface area contributed by atoms with E-state index in [4.69, 9.17) is 0 Å². The Hall–Kier alpha value is -1.23. The fourth-order valence-corrected chi connectivity index (χ4v) is 2.80. The minimum atomic E-state index is 0.297. The van der Waals surface area contributed by atoms with Crippen molar-refractivity contribution in [1.82, 2.24) is 19.7 Å². The zero-order chi connectivity index (χ0) is 11.3. The molecule has 84 valence electrons. The smallest absolute Gasteiger partial charge is 0.0963 e. The average Bonchev–Trinajstić information content (AvgIpc) is 2.88. The summed E-state index contributed by atoms with van der Waals surface area (Å²) >= 11 is 4.62. The summed E-state index contributed by atoms with van der Waals surface area (Å²) in [5.41, 5.74) is 5.49. The molecule has 2 aromatic rings. The maximum atomic E-state index is 4.62. The highest BCUT2D eigenvalue weighted by atomic mass is 32.1. The Labute approximate surface area is 99.5 Å². The first-order valence-corrected chi connectivity index (χ1v) is 5.95. The lowest BCUT2D eigenvalue weighted by molar-refractivity contribution is 0.739. The number of nitrogens with zero attached hydrogens (tertiary/aromatic N) is 3. The van der Waals surface area contributed by atoms with E-state index < -0.39 is 0 Å². The van der Waals surface area contributed by atoms with Gasteiger partial charge >= 0.3 is 0 Å². The summed E-state index contributed by atoms with van der Waals surface area (Å²) in [6.45, 7) is 5.06. The van der Waals surface area contributed by atoms with Crippen LogP contribution in [0.2, 0.25) is 0 Å². The molecule has 1 unspecified atom stereocenters. The van der Waals surface area contributed by atoms with Crippen LogP contribution in [0.5, 0.6) is 0 Å². The van der Waals surface area contributed by atoms with Crippen LogP contribution in [0.25, 0.3) is 11.3 Å². The van der Waals surface area contributed by atoms with E-state index >= 15 is 0 Å². The van der Waals surface area contributed by atoms with Crippen LogP contribution in [0.3, 0.4) is 0 Å². The standard InChI is InChI=1S/C11H14N4S/c1-6-9(7(2)14-13-6)10-11-8(16)3-4-15(11)5-12-10/h5,8,16H,3-4H2,1-2H3,(H,13,14). The van der Waals surface area contributed by atoms with Gasteiger partial charge in [0, 0.05) is 23.1 Å². The van der Waals surface area contributed by atoms with Gasteiger partial charge in [-0.3, -0.25) is 5.10 Å². The van der Waals surface area contributed by atoms with Gasteiger partial charge in [-0.2, -0.15) is 17.7 Å². The highest BCUT2D eigenvalue weighted by Crippen LogP contribution is 2.38. The number of aromatic nitrogens is 4. The molecule has 16 heavy (non-hydrogen) atoms. The quantitative estimate of drug-likeness (QED) is 0.743. The molecule has 3 rings (SSSR count). The molecule has 1 atom stereocenters. The Morgan fingerprint density at radius 3 is 3.00 bits per heavy atom. The van der Waals surface area contributed by atoms with E-state index in [2.05, 4.69) is 32.4 Å². The lowest BCUT2D eigenvalue weighted by Gasteiger charge is -2.04. The van der Waals surface area contributed by atoms with Gasteiger partial charge in [-0.25, -0.2) is 4.98 Å². The Bertz CT molecular complexity index is 521. The molecule has 0 saturated carbocycles. The maximum Gasteiger partial charge on any atom is 0.0963 e. The van der Waals surface area contributed by atoms with Crippen LogP contribution < -0.4 is 0 Å². The molecular formula is C11H14N4S. The van der Waals surface area contributed by atoms with E-state index in [1.807, 2.05) is 20.2 Å². The van der Waals surface area contributed by atoms with Crippen molar-refractivity contribution in [1.29, 1.82) is 0 Å². The third-order valence-corrected chi connectivity index (χ3v) is 3.71. The van der Waals surface area contributed by atoms with Crippen molar-refractivity contribution in [2.45, 2.75) is 32.1 Å². The van der Waals surface area contributed by atoms with Crippen LogP contribution in [0.1, 0.15) is 28.8 Å². The fraction of sp³-hybridized carbons (Fsp3) is 0.455. The first kappa shape index (κ1) is 9.96. The lowest BCUT2D eigenvalue weighted by atomic mass is 10.1. The summed E-state index contributed by atoms with van der Waals surface area (Å²) in [5.74, 6) is 0. The summed E-state index contributed by atoms with van der Waals surface area (Å²) in [7, 11) is 0. The van der Waals surface area contributed by atoms with Gasteiger partial charge in [0.15, 0.2) is 0 Å². The van der Waals surface area contributed by atoms with Gasteiger partial charge in [-0.05, 0) is 20.3 Å². The number of aryl methyl sites for hydroxylation is 3. The van der Waals surface area contributed by atoms with Gasteiger partial charge in [0.05, 0.1) is 23.4 Å². The zero-order valence-electron chi connectivity index (χ0n) is 9.36.